The minimum Gasteiger partial charge on any atom is -0.310 e. The number of halogens is 3. The van der Waals surface area contributed by atoms with Gasteiger partial charge in [-0.1, -0.05) is 19.3 Å². The van der Waals surface area contributed by atoms with Crippen LogP contribution < -0.4 is 5.32 Å². The van der Waals surface area contributed by atoms with E-state index < -0.39 is 12.1 Å². The fraction of sp³-hybridized carbons (Fsp3) is 1.00. The summed E-state index contributed by atoms with van der Waals surface area (Å²) in [5.41, 5.74) is 0. The molecule has 1 N–H and O–H groups in total. The summed E-state index contributed by atoms with van der Waals surface area (Å²) >= 11 is 1.79. The quantitative estimate of drug-likeness (QED) is 0.839. The molecule has 0 aromatic rings. The van der Waals surface area contributed by atoms with E-state index in [2.05, 4.69) is 11.6 Å². The minimum atomic E-state index is -4.04. The first-order valence-corrected chi connectivity index (χ1v) is 8.16. The summed E-state index contributed by atoms with van der Waals surface area (Å²) in [6, 6.07) is -0.0653. The summed E-state index contributed by atoms with van der Waals surface area (Å²) in [6.07, 6.45) is 3.99. The number of nitrogens with one attached hydrogen (secondary N) is 1. The monoisotopic (exact) mass is 281 g/mol. The Hall–Kier alpha value is 0.100. The van der Waals surface area contributed by atoms with Gasteiger partial charge in [0, 0.05) is 17.3 Å². The predicted octanol–water partition coefficient (Wildman–Crippen LogP) is 3.98. The second kappa shape index (κ2) is 6.04. The van der Waals surface area contributed by atoms with Gasteiger partial charge >= 0.3 is 6.18 Å². The molecule has 0 radical (unpaired) electrons. The normalized spacial score (nSPS) is 38.0. The summed E-state index contributed by atoms with van der Waals surface area (Å²) in [5, 5.41) is 3.84. The SMILES string of the molecule is CSC1CCCC1NC1CCCCC1C(F)(F)F. The van der Waals surface area contributed by atoms with E-state index in [1.807, 2.05) is 0 Å². The average molecular weight is 281 g/mol. The van der Waals surface area contributed by atoms with Crippen LogP contribution in [0.3, 0.4) is 0 Å². The van der Waals surface area contributed by atoms with Gasteiger partial charge in [0.2, 0.25) is 0 Å². The molecule has 0 saturated heterocycles. The van der Waals surface area contributed by atoms with Crippen LogP contribution in [-0.4, -0.2) is 29.8 Å². The fourth-order valence-electron chi connectivity index (χ4n) is 3.40. The Labute approximate surface area is 111 Å². The van der Waals surface area contributed by atoms with Crippen molar-refractivity contribution in [2.24, 2.45) is 5.92 Å². The molecule has 4 atom stereocenters. The van der Waals surface area contributed by atoms with Crippen molar-refractivity contribution in [2.75, 3.05) is 6.26 Å². The molecule has 1 nitrogen and oxygen atoms in total. The molecule has 2 aliphatic carbocycles. The second-order valence-electron chi connectivity index (χ2n) is 5.52. The van der Waals surface area contributed by atoms with Crippen molar-refractivity contribution in [3.05, 3.63) is 0 Å². The highest BCUT2D eigenvalue weighted by Crippen LogP contribution is 2.39. The lowest BCUT2D eigenvalue weighted by Crippen LogP contribution is -2.50. The highest BCUT2D eigenvalue weighted by molar-refractivity contribution is 7.99. The Bertz CT molecular complexity index is 269. The molecule has 2 fully saturated rings. The number of hydrogen-bond acceptors (Lipinski definition) is 2. The van der Waals surface area contributed by atoms with E-state index in [-0.39, 0.29) is 12.1 Å². The lowest BCUT2D eigenvalue weighted by Gasteiger charge is -2.36. The molecule has 0 amide bonds. The number of thioether (sulfide) groups is 1. The average Bonchev–Trinajstić information content (AvgIpc) is 2.75. The molecule has 0 spiro atoms. The van der Waals surface area contributed by atoms with Crippen molar-refractivity contribution in [1.82, 2.24) is 5.32 Å². The van der Waals surface area contributed by atoms with E-state index in [9.17, 15) is 13.2 Å². The standard InChI is InChI=1S/C13H22F3NS/c1-18-12-8-4-7-11(12)17-10-6-3-2-5-9(10)13(14,15)16/h9-12,17H,2-8H2,1H3. The van der Waals surface area contributed by atoms with Gasteiger partial charge in [-0.05, 0) is 31.9 Å². The molecule has 2 rings (SSSR count). The molecule has 2 saturated carbocycles. The van der Waals surface area contributed by atoms with E-state index in [1.165, 1.54) is 0 Å². The summed E-state index contributed by atoms with van der Waals surface area (Å²) in [4.78, 5) is 0. The van der Waals surface area contributed by atoms with Crippen LogP contribution in [0, 0.1) is 5.92 Å². The fourth-order valence-corrected chi connectivity index (χ4v) is 4.34. The van der Waals surface area contributed by atoms with Gasteiger partial charge in [0.05, 0.1) is 5.92 Å². The molecule has 0 aromatic carbocycles. The third kappa shape index (κ3) is 3.35. The topological polar surface area (TPSA) is 12.0 Å². The van der Waals surface area contributed by atoms with E-state index >= 15 is 0 Å². The molecular weight excluding hydrogens is 259 g/mol. The van der Waals surface area contributed by atoms with Crippen LogP contribution in [0.15, 0.2) is 0 Å². The number of rotatable bonds is 3. The van der Waals surface area contributed by atoms with Crippen LogP contribution in [0.4, 0.5) is 13.2 Å². The maximum Gasteiger partial charge on any atom is 0.393 e. The molecule has 0 aliphatic heterocycles. The summed E-state index contributed by atoms with van der Waals surface area (Å²) in [6.45, 7) is 0. The van der Waals surface area contributed by atoms with E-state index in [1.54, 1.807) is 11.8 Å². The van der Waals surface area contributed by atoms with Gasteiger partial charge < -0.3 is 5.32 Å². The van der Waals surface area contributed by atoms with Crippen LogP contribution in [-0.2, 0) is 0 Å². The zero-order chi connectivity index (χ0) is 13.2. The zero-order valence-corrected chi connectivity index (χ0v) is 11.6. The first kappa shape index (κ1) is 14.5. The van der Waals surface area contributed by atoms with Gasteiger partial charge in [-0.2, -0.15) is 24.9 Å². The van der Waals surface area contributed by atoms with Crippen molar-refractivity contribution >= 4 is 11.8 Å². The van der Waals surface area contributed by atoms with Crippen LogP contribution >= 0.6 is 11.8 Å². The maximum absolute atomic E-state index is 13.0. The molecule has 4 unspecified atom stereocenters. The Kier molecular flexibility index (Phi) is 4.86. The van der Waals surface area contributed by atoms with Crippen molar-refractivity contribution in [1.29, 1.82) is 0 Å². The molecule has 0 bridgehead atoms. The van der Waals surface area contributed by atoms with Crippen molar-refractivity contribution in [2.45, 2.75) is 68.5 Å². The summed E-state index contributed by atoms with van der Waals surface area (Å²) < 4.78 is 39.0. The van der Waals surface area contributed by atoms with Gasteiger partial charge in [-0.25, -0.2) is 0 Å². The number of alkyl halides is 3. The molecule has 5 heteroatoms. The van der Waals surface area contributed by atoms with E-state index in [4.69, 9.17) is 0 Å². The molecule has 0 heterocycles. The third-order valence-electron chi connectivity index (χ3n) is 4.37. The van der Waals surface area contributed by atoms with E-state index in [0.29, 0.717) is 18.1 Å². The lowest BCUT2D eigenvalue weighted by atomic mass is 9.83. The highest BCUT2D eigenvalue weighted by atomic mass is 32.2. The Morgan fingerprint density at radius 1 is 0.944 bits per heavy atom. The van der Waals surface area contributed by atoms with Gasteiger partial charge in [0.25, 0.3) is 0 Å². The molecule has 106 valence electrons. The minimum absolute atomic E-state index is 0.285. The zero-order valence-electron chi connectivity index (χ0n) is 10.8. The molecule has 0 aromatic heterocycles. The van der Waals surface area contributed by atoms with Crippen molar-refractivity contribution < 1.29 is 13.2 Å². The maximum atomic E-state index is 13.0. The van der Waals surface area contributed by atoms with Gasteiger partial charge in [0.1, 0.15) is 0 Å². The third-order valence-corrected chi connectivity index (χ3v) is 5.54. The highest BCUT2D eigenvalue weighted by Gasteiger charge is 2.46. The van der Waals surface area contributed by atoms with Crippen LogP contribution in [0.1, 0.15) is 44.9 Å². The first-order chi connectivity index (χ1) is 8.52. The summed E-state index contributed by atoms with van der Waals surface area (Å²) in [7, 11) is 0. The molecular formula is C13H22F3NS. The van der Waals surface area contributed by atoms with Gasteiger partial charge in [-0.3, -0.25) is 0 Å². The van der Waals surface area contributed by atoms with Crippen molar-refractivity contribution in [3.63, 3.8) is 0 Å². The lowest BCUT2D eigenvalue weighted by molar-refractivity contribution is -0.189. The smallest absolute Gasteiger partial charge is 0.310 e. The number of hydrogen-bond donors (Lipinski definition) is 1. The Morgan fingerprint density at radius 3 is 2.28 bits per heavy atom. The first-order valence-electron chi connectivity index (χ1n) is 6.88. The van der Waals surface area contributed by atoms with Crippen LogP contribution in [0.25, 0.3) is 0 Å². The Morgan fingerprint density at radius 2 is 1.61 bits per heavy atom. The van der Waals surface area contributed by atoms with Gasteiger partial charge in [0.15, 0.2) is 0 Å². The second-order valence-corrected chi connectivity index (χ2v) is 6.59. The van der Waals surface area contributed by atoms with Crippen LogP contribution in [0.2, 0.25) is 0 Å². The largest absolute Gasteiger partial charge is 0.393 e. The molecule has 2 aliphatic rings. The Balaban J connectivity index is 1.97. The van der Waals surface area contributed by atoms with Crippen molar-refractivity contribution in [3.8, 4) is 0 Å². The van der Waals surface area contributed by atoms with Gasteiger partial charge in [-0.15, -0.1) is 0 Å². The summed E-state index contributed by atoms with van der Waals surface area (Å²) in [5.74, 6) is -1.13. The van der Waals surface area contributed by atoms with E-state index in [0.717, 1.165) is 32.1 Å². The molecule has 18 heavy (non-hydrogen) atoms. The van der Waals surface area contributed by atoms with Crippen LogP contribution in [0.5, 0.6) is 0 Å². The predicted molar refractivity (Wildman–Crippen MR) is 69.9 cm³/mol.